The summed E-state index contributed by atoms with van der Waals surface area (Å²) in [6.45, 7) is 0. The van der Waals surface area contributed by atoms with Gasteiger partial charge in [0, 0.05) is 7.05 Å². The zero-order chi connectivity index (χ0) is 12.6. The minimum absolute atomic E-state index is 0.314. The molecule has 0 unspecified atom stereocenters. The largest absolute Gasteiger partial charge is 0.465 e. The second-order valence-corrected chi connectivity index (χ2v) is 3.54. The zero-order valence-electron chi connectivity index (χ0n) is 9.31. The highest BCUT2D eigenvalue weighted by Crippen LogP contribution is 2.11. The van der Waals surface area contributed by atoms with Gasteiger partial charge in [-0.25, -0.2) is 4.79 Å². The molecule has 0 aliphatic heterocycles. The lowest BCUT2D eigenvalue weighted by Gasteiger charge is -2.05. The molecule has 0 saturated carbocycles. The first-order valence-corrected chi connectivity index (χ1v) is 4.86. The number of benzene rings is 1. The van der Waals surface area contributed by atoms with Gasteiger partial charge in [0.2, 0.25) is 0 Å². The predicted octanol–water partition coefficient (Wildman–Crippen LogP) is 0.0134. The molecular formula is C11H10N2O4. The van der Waals surface area contributed by atoms with Crippen LogP contribution in [0, 0.1) is 0 Å². The Labute approximate surface area is 95.5 Å². The molecule has 0 amide bonds. The van der Waals surface area contributed by atoms with Gasteiger partial charge < -0.3 is 14.3 Å². The molecular weight excluding hydrogens is 224 g/mol. The van der Waals surface area contributed by atoms with Gasteiger partial charge >= 0.3 is 17.1 Å². The van der Waals surface area contributed by atoms with Gasteiger partial charge in [-0.15, -0.1) is 0 Å². The summed E-state index contributed by atoms with van der Waals surface area (Å²) >= 11 is 0. The predicted molar refractivity (Wildman–Crippen MR) is 61.1 cm³/mol. The van der Waals surface area contributed by atoms with Crippen molar-refractivity contribution in [3.8, 4) is 0 Å². The Hall–Kier alpha value is -2.37. The number of methoxy groups -OCH3 is 1. The van der Waals surface area contributed by atoms with Crippen molar-refractivity contribution < 1.29 is 9.53 Å². The average molecular weight is 234 g/mol. The molecule has 17 heavy (non-hydrogen) atoms. The molecule has 0 bridgehead atoms. The van der Waals surface area contributed by atoms with Crippen molar-refractivity contribution in [3.05, 3.63) is 44.5 Å². The normalized spacial score (nSPS) is 10.5. The van der Waals surface area contributed by atoms with E-state index in [-0.39, 0.29) is 0 Å². The van der Waals surface area contributed by atoms with Crippen molar-refractivity contribution in [1.82, 2.24) is 9.55 Å². The van der Waals surface area contributed by atoms with E-state index in [1.54, 1.807) is 6.07 Å². The number of hydrogen-bond donors (Lipinski definition) is 1. The van der Waals surface area contributed by atoms with E-state index in [1.165, 1.54) is 30.9 Å². The lowest BCUT2D eigenvalue weighted by molar-refractivity contribution is 0.0601. The number of aryl methyl sites for hydroxylation is 1. The third-order valence-electron chi connectivity index (χ3n) is 2.53. The first-order valence-electron chi connectivity index (χ1n) is 4.86. The number of fused-ring (bicyclic) bond motifs is 1. The maximum absolute atomic E-state index is 11.4. The Morgan fingerprint density at radius 2 is 2.06 bits per heavy atom. The van der Waals surface area contributed by atoms with E-state index in [4.69, 9.17) is 0 Å². The summed E-state index contributed by atoms with van der Waals surface area (Å²) < 4.78 is 5.80. The smallest absolute Gasteiger partial charge is 0.337 e. The number of carbonyl (C=O) groups is 1. The third kappa shape index (κ3) is 1.73. The van der Waals surface area contributed by atoms with E-state index < -0.39 is 17.1 Å². The quantitative estimate of drug-likeness (QED) is 0.557. The first-order chi connectivity index (χ1) is 8.04. The lowest BCUT2D eigenvalue weighted by Crippen LogP contribution is -2.34. The number of ether oxygens (including phenoxy) is 1. The van der Waals surface area contributed by atoms with Crippen molar-refractivity contribution >= 4 is 17.0 Å². The number of H-pyrrole nitrogens is 1. The van der Waals surface area contributed by atoms with Crippen LogP contribution in [0.2, 0.25) is 0 Å². The van der Waals surface area contributed by atoms with Crippen LogP contribution in [0.25, 0.3) is 11.0 Å². The van der Waals surface area contributed by atoms with Crippen LogP contribution in [-0.4, -0.2) is 22.6 Å². The van der Waals surface area contributed by atoms with Gasteiger partial charge in [0.25, 0.3) is 0 Å². The molecule has 1 heterocycles. The number of carbonyl (C=O) groups excluding carboxylic acids is 1. The third-order valence-corrected chi connectivity index (χ3v) is 2.53. The van der Waals surface area contributed by atoms with Gasteiger partial charge in [-0.1, -0.05) is 0 Å². The molecule has 6 nitrogen and oxygen atoms in total. The summed E-state index contributed by atoms with van der Waals surface area (Å²) in [5.74, 6) is -0.499. The molecule has 0 radical (unpaired) electrons. The number of hydrogen-bond acceptors (Lipinski definition) is 4. The molecule has 6 heteroatoms. The Bertz CT molecular complexity index is 711. The van der Waals surface area contributed by atoms with E-state index in [0.717, 1.165) is 0 Å². The molecule has 1 aromatic heterocycles. The van der Waals surface area contributed by atoms with Crippen molar-refractivity contribution in [3.63, 3.8) is 0 Å². The molecule has 2 aromatic rings. The summed E-state index contributed by atoms with van der Waals surface area (Å²) in [6, 6.07) is 4.59. The minimum atomic E-state index is -0.720. The number of nitrogens with zero attached hydrogens (tertiary/aromatic N) is 1. The molecule has 0 aliphatic carbocycles. The summed E-state index contributed by atoms with van der Waals surface area (Å²) in [4.78, 5) is 36.4. The Morgan fingerprint density at radius 3 is 2.71 bits per heavy atom. The number of nitrogens with one attached hydrogen (secondary N) is 1. The highest BCUT2D eigenvalue weighted by Gasteiger charge is 2.09. The van der Waals surface area contributed by atoms with Crippen LogP contribution in [0.15, 0.2) is 27.8 Å². The Kier molecular flexibility index (Phi) is 2.55. The standard InChI is InChI=1S/C11H10N2O4/c1-13-8-4-3-6(11(16)17-2)5-7(8)12-9(14)10(13)15/h3-5H,1-2H3,(H,12,14). The van der Waals surface area contributed by atoms with Crippen molar-refractivity contribution in [2.24, 2.45) is 7.05 Å². The topological polar surface area (TPSA) is 81.2 Å². The van der Waals surface area contributed by atoms with Gasteiger partial charge in [-0.05, 0) is 18.2 Å². The van der Waals surface area contributed by atoms with Crippen molar-refractivity contribution in [2.45, 2.75) is 0 Å². The fourth-order valence-corrected chi connectivity index (χ4v) is 1.61. The van der Waals surface area contributed by atoms with Crippen LogP contribution in [0.5, 0.6) is 0 Å². The summed E-state index contributed by atoms with van der Waals surface area (Å²) in [7, 11) is 2.77. The van der Waals surface area contributed by atoms with Crippen LogP contribution >= 0.6 is 0 Å². The number of aromatic amines is 1. The fraction of sp³-hybridized carbons (Fsp3) is 0.182. The van der Waals surface area contributed by atoms with Crippen LogP contribution < -0.4 is 11.1 Å². The molecule has 1 N–H and O–H groups in total. The van der Waals surface area contributed by atoms with Gasteiger partial charge in [-0.3, -0.25) is 9.59 Å². The summed E-state index contributed by atoms with van der Waals surface area (Å²) in [5.41, 5.74) is -0.0816. The second kappa shape index (κ2) is 3.89. The first kappa shape index (κ1) is 11.1. The molecule has 1 aromatic carbocycles. The summed E-state index contributed by atoms with van der Waals surface area (Å²) in [5, 5.41) is 0. The van der Waals surface area contributed by atoms with Crippen LogP contribution in [0.1, 0.15) is 10.4 Å². The highest BCUT2D eigenvalue weighted by atomic mass is 16.5. The molecule has 88 valence electrons. The minimum Gasteiger partial charge on any atom is -0.465 e. The maximum atomic E-state index is 11.4. The van der Waals surface area contributed by atoms with E-state index in [0.29, 0.717) is 16.6 Å². The van der Waals surface area contributed by atoms with Crippen LogP contribution in [0.4, 0.5) is 0 Å². The van der Waals surface area contributed by atoms with Crippen molar-refractivity contribution in [2.75, 3.05) is 7.11 Å². The molecule has 2 rings (SSSR count). The van der Waals surface area contributed by atoms with E-state index >= 15 is 0 Å². The number of aromatic nitrogens is 2. The molecule has 0 atom stereocenters. The fourth-order valence-electron chi connectivity index (χ4n) is 1.61. The Balaban J connectivity index is 2.80. The average Bonchev–Trinajstić information content (AvgIpc) is 2.34. The monoisotopic (exact) mass is 234 g/mol. The number of esters is 1. The van der Waals surface area contributed by atoms with Gasteiger partial charge in [0.1, 0.15) is 0 Å². The van der Waals surface area contributed by atoms with Crippen LogP contribution in [-0.2, 0) is 11.8 Å². The zero-order valence-corrected chi connectivity index (χ0v) is 9.31. The van der Waals surface area contributed by atoms with E-state index in [2.05, 4.69) is 9.72 Å². The van der Waals surface area contributed by atoms with E-state index in [9.17, 15) is 14.4 Å². The molecule has 0 fully saturated rings. The molecule has 0 saturated heterocycles. The van der Waals surface area contributed by atoms with Crippen molar-refractivity contribution in [1.29, 1.82) is 0 Å². The number of rotatable bonds is 1. The maximum Gasteiger partial charge on any atom is 0.337 e. The second-order valence-electron chi connectivity index (χ2n) is 3.54. The van der Waals surface area contributed by atoms with Gasteiger partial charge in [-0.2, -0.15) is 0 Å². The Morgan fingerprint density at radius 1 is 1.35 bits per heavy atom. The SMILES string of the molecule is COC(=O)c1ccc2c(c1)[nH]c(=O)c(=O)n2C. The highest BCUT2D eigenvalue weighted by molar-refractivity contribution is 5.93. The van der Waals surface area contributed by atoms with Gasteiger partial charge in [0.05, 0.1) is 23.7 Å². The molecule has 0 aliphatic rings. The molecule has 0 spiro atoms. The van der Waals surface area contributed by atoms with E-state index in [1.807, 2.05) is 0 Å². The summed E-state index contributed by atoms with van der Waals surface area (Å²) in [6.07, 6.45) is 0. The van der Waals surface area contributed by atoms with Crippen LogP contribution in [0.3, 0.4) is 0 Å². The lowest BCUT2D eigenvalue weighted by atomic mass is 10.2. The van der Waals surface area contributed by atoms with Gasteiger partial charge in [0.15, 0.2) is 0 Å².